The molecular weight excluding hydrogens is 334 g/mol. The molecule has 0 saturated heterocycles. The third-order valence-electron chi connectivity index (χ3n) is 4.70. The van der Waals surface area contributed by atoms with Crippen LogP contribution >= 0.6 is 15.9 Å². The van der Waals surface area contributed by atoms with Gasteiger partial charge in [-0.1, -0.05) is 28.1 Å². The van der Waals surface area contributed by atoms with Crippen LogP contribution in [0.25, 0.3) is 0 Å². The number of hydrogen-bond acceptors (Lipinski definition) is 2. The fourth-order valence-corrected chi connectivity index (χ4v) is 3.47. The molecule has 2 aliphatic carbocycles. The maximum Gasteiger partial charge on any atom is 0.306 e. The van der Waals surface area contributed by atoms with E-state index >= 15 is 0 Å². The molecule has 0 bridgehead atoms. The molecule has 2 atom stereocenters. The van der Waals surface area contributed by atoms with Crippen LogP contribution in [0, 0.1) is 5.92 Å². The van der Waals surface area contributed by atoms with Crippen LogP contribution in [0.1, 0.15) is 37.7 Å². The summed E-state index contributed by atoms with van der Waals surface area (Å²) in [6.07, 6.45) is 3.72. The molecule has 2 aliphatic rings. The van der Waals surface area contributed by atoms with Crippen LogP contribution in [-0.4, -0.2) is 23.0 Å². The third-order valence-corrected chi connectivity index (χ3v) is 5.23. The quantitative estimate of drug-likeness (QED) is 0.876. The van der Waals surface area contributed by atoms with E-state index in [0.29, 0.717) is 12.8 Å². The second kappa shape index (κ2) is 5.44. The standard InChI is InChI=1S/C16H18BrNO3/c17-12-4-2-11(3-5-12)16(7-8-16)15(21)18-13-6-1-10(9-13)14(19)20/h2-5,10,13H,1,6-9H2,(H,18,21)(H,19,20)/t10-,13+/m0/s1. The predicted molar refractivity (Wildman–Crippen MR) is 82.0 cm³/mol. The van der Waals surface area contributed by atoms with Crippen molar-refractivity contribution >= 4 is 27.8 Å². The zero-order valence-corrected chi connectivity index (χ0v) is 13.2. The van der Waals surface area contributed by atoms with Crippen molar-refractivity contribution in [3.05, 3.63) is 34.3 Å². The average Bonchev–Trinajstić information content (AvgIpc) is 3.13. The van der Waals surface area contributed by atoms with Crippen molar-refractivity contribution < 1.29 is 14.7 Å². The lowest BCUT2D eigenvalue weighted by Crippen LogP contribution is -2.40. The van der Waals surface area contributed by atoms with Gasteiger partial charge in [0, 0.05) is 10.5 Å². The Morgan fingerprint density at radius 3 is 2.38 bits per heavy atom. The van der Waals surface area contributed by atoms with Crippen LogP contribution in [0.5, 0.6) is 0 Å². The Hall–Kier alpha value is -1.36. The molecule has 1 aromatic rings. The number of carboxylic acid groups (broad SMARTS) is 1. The molecule has 5 heteroatoms. The van der Waals surface area contributed by atoms with E-state index in [-0.39, 0.29) is 23.3 Å². The van der Waals surface area contributed by atoms with Gasteiger partial charge >= 0.3 is 5.97 Å². The largest absolute Gasteiger partial charge is 0.481 e. The molecule has 0 heterocycles. The fourth-order valence-electron chi connectivity index (χ4n) is 3.20. The zero-order chi connectivity index (χ0) is 15.0. The highest BCUT2D eigenvalue weighted by Gasteiger charge is 2.51. The molecule has 21 heavy (non-hydrogen) atoms. The lowest BCUT2D eigenvalue weighted by Gasteiger charge is -2.19. The number of nitrogens with one attached hydrogen (secondary N) is 1. The average molecular weight is 352 g/mol. The Balaban J connectivity index is 1.66. The van der Waals surface area contributed by atoms with Crippen molar-refractivity contribution in [1.82, 2.24) is 5.32 Å². The number of benzene rings is 1. The number of rotatable bonds is 4. The first-order chi connectivity index (χ1) is 10.0. The van der Waals surface area contributed by atoms with Crippen molar-refractivity contribution in [2.24, 2.45) is 5.92 Å². The summed E-state index contributed by atoms with van der Waals surface area (Å²) in [5.41, 5.74) is 0.665. The van der Waals surface area contributed by atoms with Crippen molar-refractivity contribution in [1.29, 1.82) is 0 Å². The molecule has 4 nitrogen and oxygen atoms in total. The van der Waals surface area contributed by atoms with Crippen LogP contribution < -0.4 is 5.32 Å². The van der Waals surface area contributed by atoms with Gasteiger partial charge in [-0.2, -0.15) is 0 Å². The smallest absolute Gasteiger partial charge is 0.306 e. The van der Waals surface area contributed by atoms with E-state index in [0.717, 1.165) is 29.3 Å². The summed E-state index contributed by atoms with van der Waals surface area (Å²) in [5, 5.41) is 12.1. The number of carbonyl (C=O) groups excluding carboxylic acids is 1. The van der Waals surface area contributed by atoms with E-state index in [9.17, 15) is 9.59 Å². The van der Waals surface area contributed by atoms with Gasteiger partial charge in [0.1, 0.15) is 0 Å². The van der Waals surface area contributed by atoms with Crippen molar-refractivity contribution in [2.75, 3.05) is 0 Å². The maximum absolute atomic E-state index is 12.6. The van der Waals surface area contributed by atoms with Crippen LogP contribution in [0.15, 0.2) is 28.7 Å². The summed E-state index contributed by atoms with van der Waals surface area (Å²) in [4.78, 5) is 23.6. The minimum atomic E-state index is -0.749. The molecule has 0 radical (unpaired) electrons. The maximum atomic E-state index is 12.6. The van der Waals surface area contributed by atoms with Gasteiger partial charge in [0.15, 0.2) is 0 Å². The molecule has 2 saturated carbocycles. The number of hydrogen-bond donors (Lipinski definition) is 2. The summed E-state index contributed by atoms with van der Waals surface area (Å²) in [7, 11) is 0. The van der Waals surface area contributed by atoms with Gasteiger partial charge in [-0.3, -0.25) is 9.59 Å². The highest BCUT2D eigenvalue weighted by atomic mass is 79.9. The van der Waals surface area contributed by atoms with Crippen molar-refractivity contribution in [3.8, 4) is 0 Å². The molecule has 1 aromatic carbocycles. The Morgan fingerprint density at radius 1 is 1.19 bits per heavy atom. The Labute approximate surface area is 132 Å². The van der Waals surface area contributed by atoms with Crippen LogP contribution in [0.3, 0.4) is 0 Å². The van der Waals surface area contributed by atoms with E-state index in [1.54, 1.807) is 0 Å². The van der Waals surface area contributed by atoms with E-state index in [4.69, 9.17) is 5.11 Å². The minimum absolute atomic E-state index is 0.00604. The molecule has 2 fully saturated rings. The van der Waals surface area contributed by atoms with Gasteiger partial charge in [0.25, 0.3) is 0 Å². The zero-order valence-electron chi connectivity index (χ0n) is 11.6. The van der Waals surface area contributed by atoms with Gasteiger partial charge in [-0.15, -0.1) is 0 Å². The molecular formula is C16H18BrNO3. The molecule has 0 aromatic heterocycles. The Kier molecular flexibility index (Phi) is 3.78. The molecule has 0 unspecified atom stereocenters. The molecule has 1 amide bonds. The lowest BCUT2D eigenvalue weighted by atomic mass is 9.94. The van der Waals surface area contributed by atoms with E-state index in [2.05, 4.69) is 21.2 Å². The topological polar surface area (TPSA) is 66.4 Å². The molecule has 3 rings (SSSR count). The van der Waals surface area contributed by atoms with E-state index in [1.165, 1.54) is 0 Å². The second-order valence-electron chi connectivity index (χ2n) is 6.11. The Bertz CT molecular complexity index is 565. The van der Waals surface area contributed by atoms with Crippen molar-refractivity contribution in [2.45, 2.75) is 43.6 Å². The highest BCUT2D eigenvalue weighted by Crippen LogP contribution is 2.48. The predicted octanol–water partition coefficient (Wildman–Crippen LogP) is 2.85. The number of carboxylic acids is 1. The number of aliphatic carboxylic acids is 1. The van der Waals surface area contributed by atoms with Gasteiger partial charge in [0.05, 0.1) is 11.3 Å². The summed E-state index contributed by atoms with van der Waals surface area (Å²) in [6, 6.07) is 7.90. The number of amides is 1. The third kappa shape index (κ3) is 2.84. The molecule has 0 spiro atoms. The molecule has 0 aliphatic heterocycles. The van der Waals surface area contributed by atoms with Gasteiger partial charge in [-0.25, -0.2) is 0 Å². The first-order valence-electron chi connectivity index (χ1n) is 7.31. The first-order valence-corrected chi connectivity index (χ1v) is 8.10. The summed E-state index contributed by atoms with van der Waals surface area (Å²) >= 11 is 3.40. The van der Waals surface area contributed by atoms with Crippen LogP contribution in [-0.2, 0) is 15.0 Å². The molecule has 112 valence electrons. The first kappa shape index (κ1) is 14.6. The normalized spacial score (nSPS) is 26.3. The SMILES string of the molecule is O=C(O)[C@H]1CC[C@@H](NC(=O)C2(c3ccc(Br)cc3)CC2)C1. The number of halogens is 1. The Morgan fingerprint density at radius 2 is 1.86 bits per heavy atom. The van der Waals surface area contributed by atoms with E-state index < -0.39 is 5.97 Å². The van der Waals surface area contributed by atoms with Crippen LogP contribution in [0.4, 0.5) is 0 Å². The van der Waals surface area contributed by atoms with Gasteiger partial charge in [-0.05, 0) is 49.8 Å². The van der Waals surface area contributed by atoms with Gasteiger partial charge < -0.3 is 10.4 Å². The minimum Gasteiger partial charge on any atom is -0.481 e. The highest BCUT2D eigenvalue weighted by molar-refractivity contribution is 9.10. The monoisotopic (exact) mass is 351 g/mol. The number of carbonyl (C=O) groups is 2. The fraction of sp³-hybridized carbons (Fsp3) is 0.500. The molecule has 2 N–H and O–H groups in total. The summed E-state index contributed by atoms with van der Waals surface area (Å²) in [6.45, 7) is 0. The summed E-state index contributed by atoms with van der Waals surface area (Å²) in [5.74, 6) is -1.00. The second-order valence-corrected chi connectivity index (χ2v) is 7.02. The van der Waals surface area contributed by atoms with E-state index in [1.807, 2.05) is 24.3 Å². The van der Waals surface area contributed by atoms with Gasteiger partial charge in [0.2, 0.25) is 5.91 Å². The lowest BCUT2D eigenvalue weighted by molar-refractivity contribution is -0.141. The van der Waals surface area contributed by atoms with Crippen LogP contribution in [0.2, 0.25) is 0 Å². The van der Waals surface area contributed by atoms with Crippen molar-refractivity contribution in [3.63, 3.8) is 0 Å². The summed E-state index contributed by atoms with van der Waals surface area (Å²) < 4.78 is 1.00.